The Balaban J connectivity index is 2.75. The number of rotatable bonds is 1. The average molecular weight is 175 g/mol. The monoisotopic (exact) mass is 175 g/mol. The Morgan fingerprint density at radius 3 is 2.69 bits per heavy atom. The maximum absolute atomic E-state index is 5.17. The SMILES string of the molecule is COc1ccc2[nH]c(C)c(C)c2c1. The Bertz CT molecular complexity index is 443. The number of aromatic nitrogens is 1. The Labute approximate surface area is 77.5 Å². The van der Waals surface area contributed by atoms with Gasteiger partial charge in [-0.3, -0.25) is 0 Å². The highest BCUT2D eigenvalue weighted by Gasteiger charge is 2.04. The zero-order valence-electron chi connectivity index (χ0n) is 8.14. The minimum atomic E-state index is 0.912. The molecule has 1 aromatic heterocycles. The molecule has 0 saturated carbocycles. The minimum Gasteiger partial charge on any atom is -0.497 e. The van der Waals surface area contributed by atoms with Crippen molar-refractivity contribution in [3.63, 3.8) is 0 Å². The summed E-state index contributed by atoms with van der Waals surface area (Å²) in [6.45, 7) is 4.20. The van der Waals surface area contributed by atoms with Gasteiger partial charge in [0.1, 0.15) is 5.75 Å². The van der Waals surface area contributed by atoms with E-state index in [0.717, 1.165) is 5.75 Å². The van der Waals surface area contributed by atoms with E-state index in [-0.39, 0.29) is 0 Å². The molecule has 13 heavy (non-hydrogen) atoms. The zero-order valence-corrected chi connectivity index (χ0v) is 8.14. The molecular formula is C11H13NO. The number of hydrogen-bond acceptors (Lipinski definition) is 1. The summed E-state index contributed by atoms with van der Waals surface area (Å²) in [5.41, 5.74) is 3.70. The van der Waals surface area contributed by atoms with Gasteiger partial charge in [0.05, 0.1) is 7.11 Å². The molecule has 0 spiro atoms. The van der Waals surface area contributed by atoms with Crippen LogP contribution < -0.4 is 4.74 Å². The van der Waals surface area contributed by atoms with Gasteiger partial charge in [0, 0.05) is 16.6 Å². The van der Waals surface area contributed by atoms with Crippen LogP contribution in [-0.2, 0) is 0 Å². The van der Waals surface area contributed by atoms with Gasteiger partial charge in [0.25, 0.3) is 0 Å². The van der Waals surface area contributed by atoms with E-state index in [1.807, 2.05) is 12.1 Å². The minimum absolute atomic E-state index is 0.912. The highest BCUT2D eigenvalue weighted by molar-refractivity contribution is 5.85. The Kier molecular flexibility index (Phi) is 1.76. The van der Waals surface area contributed by atoms with Crippen LogP contribution in [0.3, 0.4) is 0 Å². The number of H-pyrrole nitrogens is 1. The molecule has 1 aromatic carbocycles. The third kappa shape index (κ3) is 1.18. The molecule has 2 heteroatoms. The van der Waals surface area contributed by atoms with Gasteiger partial charge in [-0.1, -0.05) is 0 Å². The number of ether oxygens (including phenoxy) is 1. The molecule has 1 heterocycles. The molecule has 68 valence electrons. The van der Waals surface area contributed by atoms with Crippen molar-refractivity contribution < 1.29 is 4.74 Å². The van der Waals surface area contributed by atoms with Crippen LogP contribution in [0.5, 0.6) is 5.75 Å². The Morgan fingerprint density at radius 2 is 2.00 bits per heavy atom. The van der Waals surface area contributed by atoms with E-state index in [4.69, 9.17) is 4.74 Å². The van der Waals surface area contributed by atoms with E-state index in [1.165, 1.54) is 22.2 Å². The van der Waals surface area contributed by atoms with Crippen LogP contribution in [0.25, 0.3) is 10.9 Å². The molecule has 0 saturated heterocycles. The van der Waals surface area contributed by atoms with Gasteiger partial charge in [-0.15, -0.1) is 0 Å². The number of aromatic amines is 1. The second kappa shape index (κ2) is 2.80. The summed E-state index contributed by atoms with van der Waals surface area (Å²) in [5, 5.41) is 1.25. The smallest absolute Gasteiger partial charge is 0.119 e. The van der Waals surface area contributed by atoms with Crippen LogP contribution in [0, 0.1) is 13.8 Å². The zero-order chi connectivity index (χ0) is 9.42. The number of fused-ring (bicyclic) bond motifs is 1. The number of aryl methyl sites for hydroxylation is 2. The van der Waals surface area contributed by atoms with Crippen LogP contribution in [0.1, 0.15) is 11.3 Å². The quantitative estimate of drug-likeness (QED) is 0.708. The van der Waals surface area contributed by atoms with E-state index < -0.39 is 0 Å². The molecule has 2 aromatic rings. The lowest BCUT2D eigenvalue weighted by Gasteiger charge is -1.98. The lowest BCUT2D eigenvalue weighted by Crippen LogP contribution is -1.81. The van der Waals surface area contributed by atoms with Crippen molar-refractivity contribution in [1.29, 1.82) is 0 Å². The predicted octanol–water partition coefficient (Wildman–Crippen LogP) is 2.79. The molecular weight excluding hydrogens is 162 g/mol. The van der Waals surface area contributed by atoms with Gasteiger partial charge >= 0.3 is 0 Å². The summed E-state index contributed by atoms with van der Waals surface area (Å²) < 4.78 is 5.17. The Hall–Kier alpha value is -1.44. The predicted molar refractivity (Wildman–Crippen MR) is 54.3 cm³/mol. The van der Waals surface area contributed by atoms with Gasteiger partial charge in [0.2, 0.25) is 0 Å². The summed E-state index contributed by atoms with van der Waals surface area (Å²) in [6, 6.07) is 6.08. The molecule has 2 rings (SSSR count). The first-order chi connectivity index (χ1) is 6.22. The average Bonchev–Trinajstić information content (AvgIpc) is 2.43. The fourth-order valence-corrected chi connectivity index (χ4v) is 1.57. The van der Waals surface area contributed by atoms with Gasteiger partial charge in [0.15, 0.2) is 0 Å². The molecule has 0 amide bonds. The van der Waals surface area contributed by atoms with Crippen LogP contribution in [-0.4, -0.2) is 12.1 Å². The van der Waals surface area contributed by atoms with E-state index in [1.54, 1.807) is 7.11 Å². The number of nitrogens with one attached hydrogen (secondary N) is 1. The fourth-order valence-electron chi connectivity index (χ4n) is 1.57. The van der Waals surface area contributed by atoms with Crippen molar-refractivity contribution >= 4 is 10.9 Å². The van der Waals surface area contributed by atoms with E-state index >= 15 is 0 Å². The van der Waals surface area contributed by atoms with E-state index in [0.29, 0.717) is 0 Å². The molecule has 0 fully saturated rings. The fraction of sp³-hybridized carbons (Fsp3) is 0.273. The van der Waals surface area contributed by atoms with Gasteiger partial charge < -0.3 is 9.72 Å². The van der Waals surface area contributed by atoms with Gasteiger partial charge in [-0.2, -0.15) is 0 Å². The van der Waals surface area contributed by atoms with Gasteiger partial charge in [-0.25, -0.2) is 0 Å². The number of hydrogen-bond donors (Lipinski definition) is 1. The third-order valence-electron chi connectivity index (χ3n) is 2.52. The highest BCUT2D eigenvalue weighted by Crippen LogP contribution is 2.25. The number of benzene rings is 1. The maximum atomic E-state index is 5.17. The molecule has 0 radical (unpaired) electrons. The third-order valence-corrected chi connectivity index (χ3v) is 2.52. The van der Waals surface area contributed by atoms with Crippen LogP contribution >= 0.6 is 0 Å². The van der Waals surface area contributed by atoms with Crippen molar-refractivity contribution in [1.82, 2.24) is 4.98 Å². The molecule has 0 bridgehead atoms. The molecule has 1 N–H and O–H groups in total. The lowest BCUT2D eigenvalue weighted by atomic mass is 10.1. The molecule has 0 unspecified atom stereocenters. The molecule has 0 aliphatic rings. The standard InChI is InChI=1S/C11H13NO/c1-7-8(2)12-11-5-4-9(13-3)6-10(7)11/h4-6,12H,1-3H3. The van der Waals surface area contributed by atoms with Crippen molar-refractivity contribution in [3.8, 4) is 5.75 Å². The molecule has 0 aliphatic carbocycles. The first-order valence-corrected chi connectivity index (χ1v) is 4.35. The summed E-state index contributed by atoms with van der Waals surface area (Å²) >= 11 is 0. The van der Waals surface area contributed by atoms with Crippen molar-refractivity contribution in [2.24, 2.45) is 0 Å². The second-order valence-electron chi connectivity index (χ2n) is 3.29. The molecule has 0 atom stereocenters. The van der Waals surface area contributed by atoms with Crippen LogP contribution in [0.15, 0.2) is 18.2 Å². The summed E-state index contributed by atoms with van der Waals surface area (Å²) in [6.07, 6.45) is 0. The lowest BCUT2D eigenvalue weighted by molar-refractivity contribution is 0.415. The van der Waals surface area contributed by atoms with Crippen LogP contribution in [0.4, 0.5) is 0 Å². The molecule has 2 nitrogen and oxygen atoms in total. The van der Waals surface area contributed by atoms with Crippen molar-refractivity contribution in [2.75, 3.05) is 7.11 Å². The van der Waals surface area contributed by atoms with Crippen molar-refractivity contribution in [3.05, 3.63) is 29.5 Å². The highest BCUT2D eigenvalue weighted by atomic mass is 16.5. The first-order valence-electron chi connectivity index (χ1n) is 4.35. The Morgan fingerprint density at radius 1 is 1.23 bits per heavy atom. The first kappa shape index (κ1) is 8.17. The van der Waals surface area contributed by atoms with Gasteiger partial charge in [-0.05, 0) is 37.6 Å². The topological polar surface area (TPSA) is 25.0 Å². The number of methoxy groups -OCH3 is 1. The van der Waals surface area contributed by atoms with E-state index in [9.17, 15) is 0 Å². The normalized spacial score (nSPS) is 10.7. The second-order valence-corrected chi connectivity index (χ2v) is 3.29. The largest absolute Gasteiger partial charge is 0.497 e. The molecule has 0 aliphatic heterocycles. The van der Waals surface area contributed by atoms with E-state index in [2.05, 4.69) is 24.9 Å². The summed E-state index contributed by atoms with van der Waals surface area (Å²) in [5.74, 6) is 0.912. The maximum Gasteiger partial charge on any atom is 0.119 e. The van der Waals surface area contributed by atoms with Crippen LogP contribution in [0.2, 0.25) is 0 Å². The van der Waals surface area contributed by atoms with Crippen molar-refractivity contribution in [2.45, 2.75) is 13.8 Å². The summed E-state index contributed by atoms with van der Waals surface area (Å²) in [7, 11) is 1.69. The summed E-state index contributed by atoms with van der Waals surface area (Å²) in [4.78, 5) is 3.32.